The van der Waals surface area contributed by atoms with E-state index in [0.717, 1.165) is 4.31 Å². The monoisotopic (exact) mass is 305 g/mol. The molecule has 6 nitrogen and oxygen atoms in total. The highest BCUT2D eigenvalue weighted by atomic mass is 35.5. The molecule has 4 N–H and O–H groups in total. The summed E-state index contributed by atoms with van der Waals surface area (Å²) in [7, 11) is -3.90. The molecule has 0 radical (unpaired) electrons. The number of benzene rings is 1. The molecule has 0 heterocycles. The Labute approximate surface area is 117 Å². The quantitative estimate of drug-likeness (QED) is 0.782. The van der Waals surface area contributed by atoms with E-state index in [1.807, 2.05) is 0 Å². The van der Waals surface area contributed by atoms with E-state index in [1.54, 1.807) is 13.8 Å². The number of halogens is 1. The van der Waals surface area contributed by atoms with Crippen LogP contribution in [-0.2, 0) is 14.8 Å². The summed E-state index contributed by atoms with van der Waals surface area (Å²) in [5.74, 6) is -0.735. The van der Waals surface area contributed by atoms with Crippen molar-refractivity contribution in [1.29, 1.82) is 0 Å². The molecule has 0 saturated heterocycles. The number of hydrogen-bond acceptors (Lipinski definition) is 4. The fourth-order valence-corrected chi connectivity index (χ4v) is 3.55. The van der Waals surface area contributed by atoms with Gasteiger partial charge in [0.25, 0.3) is 0 Å². The number of amides is 1. The first-order valence-electron chi connectivity index (χ1n) is 5.54. The molecule has 106 valence electrons. The fourth-order valence-electron chi connectivity index (χ4n) is 1.55. The summed E-state index contributed by atoms with van der Waals surface area (Å²) in [6.45, 7) is 3.03. The van der Waals surface area contributed by atoms with Crippen LogP contribution >= 0.6 is 11.6 Å². The van der Waals surface area contributed by atoms with E-state index in [2.05, 4.69) is 0 Å². The maximum Gasteiger partial charge on any atom is 0.245 e. The van der Waals surface area contributed by atoms with E-state index in [4.69, 9.17) is 23.1 Å². The van der Waals surface area contributed by atoms with E-state index < -0.39 is 22.5 Å². The molecule has 19 heavy (non-hydrogen) atoms. The molecule has 0 aliphatic rings. The average Bonchev–Trinajstić information content (AvgIpc) is 2.30. The average molecular weight is 306 g/mol. The Morgan fingerprint density at radius 1 is 1.42 bits per heavy atom. The summed E-state index contributed by atoms with van der Waals surface area (Å²) in [6.07, 6.45) is 0. The number of sulfonamides is 1. The second kappa shape index (κ2) is 5.77. The second-order valence-corrected chi connectivity index (χ2v) is 6.35. The highest BCUT2D eigenvalue weighted by Gasteiger charge is 2.27. The molecule has 0 aliphatic carbocycles. The number of carbonyl (C=O) groups is 1. The van der Waals surface area contributed by atoms with Crippen molar-refractivity contribution in [3.8, 4) is 0 Å². The molecule has 0 atom stereocenters. The Morgan fingerprint density at radius 2 is 2.00 bits per heavy atom. The number of aryl methyl sites for hydroxylation is 1. The van der Waals surface area contributed by atoms with Crippen molar-refractivity contribution in [2.45, 2.75) is 18.7 Å². The van der Waals surface area contributed by atoms with Crippen LogP contribution in [0.5, 0.6) is 0 Å². The minimum atomic E-state index is -3.90. The first-order chi connectivity index (χ1) is 8.70. The van der Waals surface area contributed by atoms with Gasteiger partial charge in [-0.3, -0.25) is 4.79 Å². The van der Waals surface area contributed by atoms with Crippen molar-refractivity contribution in [1.82, 2.24) is 4.31 Å². The van der Waals surface area contributed by atoms with Gasteiger partial charge in [0.1, 0.15) is 4.90 Å². The van der Waals surface area contributed by atoms with Crippen LogP contribution in [0, 0.1) is 6.92 Å². The number of rotatable bonds is 5. The molecule has 0 saturated carbocycles. The molecule has 0 aliphatic heterocycles. The lowest BCUT2D eigenvalue weighted by Crippen LogP contribution is -2.38. The van der Waals surface area contributed by atoms with Gasteiger partial charge in [-0.05, 0) is 24.6 Å². The predicted octanol–water partition coefficient (Wildman–Crippen LogP) is 0.727. The summed E-state index contributed by atoms with van der Waals surface area (Å²) < 4.78 is 25.7. The van der Waals surface area contributed by atoms with Crippen LogP contribution in [0.2, 0.25) is 5.02 Å². The molecular formula is C11H16ClN3O3S. The third-order valence-corrected chi connectivity index (χ3v) is 5.01. The standard InChI is InChI=1S/C11H16ClN3O3S/c1-3-15(6-11(14)16)19(17,18)10-5-9(13)7(2)4-8(10)12/h4-5H,3,6,13H2,1-2H3,(H2,14,16). The van der Waals surface area contributed by atoms with Gasteiger partial charge in [-0.2, -0.15) is 4.31 Å². The Bertz CT molecular complexity index is 601. The molecule has 1 rings (SSSR count). The zero-order valence-corrected chi connectivity index (χ0v) is 12.3. The second-order valence-electron chi connectivity index (χ2n) is 4.04. The first-order valence-corrected chi connectivity index (χ1v) is 7.36. The van der Waals surface area contributed by atoms with Crippen LogP contribution in [0.4, 0.5) is 5.69 Å². The van der Waals surface area contributed by atoms with Gasteiger partial charge in [0, 0.05) is 12.2 Å². The minimum Gasteiger partial charge on any atom is -0.398 e. The van der Waals surface area contributed by atoms with Gasteiger partial charge < -0.3 is 11.5 Å². The van der Waals surface area contributed by atoms with E-state index in [0.29, 0.717) is 11.3 Å². The number of hydrogen-bond donors (Lipinski definition) is 2. The fraction of sp³-hybridized carbons (Fsp3) is 0.364. The van der Waals surface area contributed by atoms with Gasteiger partial charge in [0.05, 0.1) is 11.6 Å². The van der Waals surface area contributed by atoms with Gasteiger partial charge in [0.2, 0.25) is 15.9 Å². The molecule has 0 unspecified atom stereocenters. The number of nitrogens with zero attached hydrogens (tertiary/aromatic N) is 1. The molecule has 8 heteroatoms. The van der Waals surface area contributed by atoms with E-state index in [9.17, 15) is 13.2 Å². The van der Waals surface area contributed by atoms with Crippen molar-refractivity contribution in [3.05, 3.63) is 22.7 Å². The Balaban J connectivity index is 3.33. The van der Waals surface area contributed by atoms with E-state index in [-0.39, 0.29) is 16.5 Å². The molecule has 1 amide bonds. The number of nitrogen functional groups attached to an aromatic ring is 1. The van der Waals surface area contributed by atoms with Crippen LogP contribution in [0.25, 0.3) is 0 Å². The Kier molecular flexibility index (Phi) is 4.78. The highest BCUT2D eigenvalue weighted by Crippen LogP contribution is 2.28. The lowest BCUT2D eigenvalue weighted by Gasteiger charge is -2.20. The van der Waals surface area contributed by atoms with Gasteiger partial charge in [-0.25, -0.2) is 8.42 Å². The summed E-state index contributed by atoms with van der Waals surface area (Å²) in [5.41, 5.74) is 11.7. The lowest BCUT2D eigenvalue weighted by atomic mass is 10.2. The predicted molar refractivity (Wildman–Crippen MR) is 74.2 cm³/mol. The molecule has 0 spiro atoms. The Hall–Kier alpha value is -1.31. The first kappa shape index (κ1) is 15.7. The maximum atomic E-state index is 12.4. The van der Waals surface area contributed by atoms with Crippen LogP contribution in [0.3, 0.4) is 0 Å². The Morgan fingerprint density at radius 3 is 2.47 bits per heavy atom. The van der Waals surface area contributed by atoms with Crippen LogP contribution in [0.1, 0.15) is 12.5 Å². The molecule has 1 aromatic rings. The largest absolute Gasteiger partial charge is 0.398 e. The lowest BCUT2D eigenvalue weighted by molar-refractivity contribution is -0.118. The summed E-state index contributed by atoms with van der Waals surface area (Å²) in [4.78, 5) is 10.8. The third kappa shape index (κ3) is 3.37. The number of anilines is 1. The molecule has 0 bridgehead atoms. The number of carbonyl (C=O) groups excluding carboxylic acids is 1. The SMILES string of the molecule is CCN(CC(N)=O)S(=O)(=O)c1cc(N)c(C)cc1Cl. The van der Waals surface area contributed by atoms with Crippen molar-refractivity contribution >= 4 is 33.2 Å². The molecule has 0 fully saturated rings. The van der Waals surface area contributed by atoms with Gasteiger partial charge in [-0.1, -0.05) is 18.5 Å². The summed E-state index contributed by atoms with van der Waals surface area (Å²) in [5, 5.41) is 0.0645. The number of nitrogens with two attached hydrogens (primary N) is 2. The molecular weight excluding hydrogens is 290 g/mol. The van der Waals surface area contributed by atoms with Crippen LogP contribution in [-0.4, -0.2) is 31.7 Å². The van der Waals surface area contributed by atoms with Crippen molar-refractivity contribution < 1.29 is 13.2 Å². The van der Waals surface area contributed by atoms with Gasteiger partial charge in [0.15, 0.2) is 0 Å². The van der Waals surface area contributed by atoms with E-state index in [1.165, 1.54) is 12.1 Å². The summed E-state index contributed by atoms with van der Waals surface area (Å²) in [6, 6.07) is 2.76. The zero-order chi connectivity index (χ0) is 14.8. The van der Waals surface area contributed by atoms with Crippen LogP contribution in [0.15, 0.2) is 17.0 Å². The van der Waals surface area contributed by atoms with E-state index >= 15 is 0 Å². The maximum absolute atomic E-state index is 12.4. The van der Waals surface area contributed by atoms with Crippen molar-refractivity contribution in [2.24, 2.45) is 5.73 Å². The smallest absolute Gasteiger partial charge is 0.245 e. The highest BCUT2D eigenvalue weighted by molar-refractivity contribution is 7.89. The summed E-state index contributed by atoms with van der Waals surface area (Å²) >= 11 is 5.95. The molecule has 1 aromatic carbocycles. The number of likely N-dealkylation sites (N-methyl/N-ethyl adjacent to an activating group) is 1. The van der Waals surface area contributed by atoms with Crippen molar-refractivity contribution in [2.75, 3.05) is 18.8 Å². The minimum absolute atomic E-state index is 0.0645. The van der Waals surface area contributed by atoms with Gasteiger partial charge in [-0.15, -0.1) is 0 Å². The van der Waals surface area contributed by atoms with Gasteiger partial charge >= 0.3 is 0 Å². The topological polar surface area (TPSA) is 106 Å². The number of primary amides is 1. The zero-order valence-electron chi connectivity index (χ0n) is 10.7. The normalized spacial score (nSPS) is 11.8. The third-order valence-electron chi connectivity index (χ3n) is 2.62. The van der Waals surface area contributed by atoms with Crippen LogP contribution < -0.4 is 11.5 Å². The molecule has 0 aromatic heterocycles. The van der Waals surface area contributed by atoms with Crippen molar-refractivity contribution in [3.63, 3.8) is 0 Å².